The Kier molecular flexibility index (Phi) is 3.40. The first-order valence-electron chi connectivity index (χ1n) is 4.97. The molecule has 0 saturated heterocycles. The normalized spacial score (nSPS) is 10.5. The summed E-state index contributed by atoms with van der Waals surface area (Å²) in [6, 6.07) is 2.87. The van der Waals surface area contributed by atoms with Crippen molar-refractivity contribution in [1.29, 1.82) is 5.26 Å². The first kappa shape index (κ1) is 13.3. The topological polar surface area (TPSA) is 67.6 Å². The molecule has 0 radical (unpaired) electrons. The zero-order chi connectivity index (χ0) is 14.2. The Bertz CT molecular complexity index is 690. The number of nitriles is 1. The number of anilines is 1. The Balaban J connectivity index is 2.70. The van der Waals surface area contributed by atoms with Crippen LogP contribution in [0.4, 0.5) is 19.0 Å². The largest absolute Gasteiger partial charge is 0.382 e. The van der Waals surface area contributed by atoms with E-state index in [1.54, 1.807) is 6.26 Å². The summed E-state index contributed by atoms with van der Waals surface area (Å²) in [5.41, 5.74) is 5.37. The lowest BCUT2D eigenvalue weighted by molar-refractivity contribution is 0.491. The molecule has 4 nitrogen and oxygen atoms in total. The number of halogens is 3. The summed E-state index contributed by atoms with van der Waals surface area (Å²) in [6.07, 6.45) is 1.66. The summed E-state index contributed by atoms with van der Waals surface area (Å²) in [4.78, 5) is 0. The van der Waals surface area contributed by atoms with Crippen LogP contribution in [0, 0.1) is 28.8 Å². The average molecular weight is 284 g/mol. The molecule has 0 aliphatic rings. The van der Waals surface area contributed by atoms with Gasteiger partial charge in [0, 0.05) is 12.1 Å². The number of thioether (sulfide) groups is 1. The molecule has 0 spiro atoms. The lowest BCUT2D eigenvalue weighted by Gasteiger charge is -2.06. The Morgan fingerprint density at radius 3 is 2.42 bits per heavy atom. The van der Waals surface area contributed by atoms with Crippen molar-refractivity contribution < 1.29 is 13.2 Å². The van der Waals surface area contributed by atoms with E-state index in [2.05, 4.69) is 5.10 Å². The number of rotatable bonds is 2. The van der Waals surface area contributed by atoms with Gasteiger partial charge in [-0.15, -0.1) is 11.8 Å². The Morgan fingerprint density at radius 1 is 1.26 bits per heavy atom. The average Bonchev–Trinajstić information content (AvgIpc) is 2.70. The van der Waals surface area contributed by atoms with Crippen molar-refractivity contribution in [2.75, 3.05) is 12.0 Å². The van der Waals surface area contributed by atoms with E-state index in [-0.39, 0.29) is 22.1 Å². The van der Waals surface area contributed by atoms with Crippen molar-refractivity contribution in [2.45, 2.75) is 5.03 Å². The van der Waals surface area contributed by atoms with Crippen LogP contribution >= 0.6 is 11.8 Å². The van der Waals surface area contributed by atoms with Gasteiger partial charge in [-0.3, -0.25) is 0 Å². The molecule has 1 aromatic carbocycles. The fourth-order valence-corrected chi connectivity index (χ4v) is 2.03. The van der Waals surface area contributed by atoms with Crippen LogP contribution in [0.15, 0.2) is 17.2 Å². The maximum atomic E-state index is 13.6. The Hall–Kier alpha value is -2.14. The molecule has 8 heteroatoms. The molecule has 1 aromatic heterocycles. The molecule has 0 fully saturated rings. The molecule has 1 heterocycles. The van der Waals surface area contributed by atoms with Crippen LogP contribution in [-0.2, 0) is 0 Å². The number of benzene rings is 1. The van der Waals surface area contributed by atoms with Crippen LogP contribution in [0.25, 0.3) is 5.69 Å². The highest BCUT2D eigenvalue weighted by atomic mass is 32.2. The molecule has 0 aliphatic heterocycles. The summed E-state index contributed by atoms with van der Waals surface area (Å²) in [5.74, 6) is -3.69. The van der Waals surface area contributed by atoms with E-state index < -0.39 is 17.5 Å². The van der Waals surface area contributed by atoms with E-state index in [1.807, 2.05) is 6.07 Å². The molecule has 0 bridgehead atoms. The highest BCUT2D eigenvalue weighted by molar-refractivity contribution is 7.98. The van der Waals surface area contributed by atoms with Crippen LogP contribution in [0.1, 0.15) is 5.56 Å². The van der Waals surface area contributed by atoms with Crippen molar-refractivity contribution in [3.8, 4) is 11.8 Å². The second-order valence-corrected chi connectivity index (χ2v) is 4.31. The molecule has 19 heavy (non-hydrogen) atoms. The summed E-state index contributed by atoms with van der Waals surface area (Å²) >= 11 is 1.14. The Morgan fingerprint density at radius 2 is 1.89 bits per heavy atom. The third-order valence-electron chi connectivity index (χ3n) is 2.41. The van der Waals surface area contributed by atoms with Gasteiger partial charge < -0.3 is 5.73 Å². The van der Waals surface area contributed by atoms with E-state index in [0.29, 0.717) is 12.1 Å². The van der Waals surface area contributed by atoms with Crippen LogP contribution < -0.4 is 5.73 Å². The van der Waals surface area contributed by atoms with Gasteiger partial charge in [0.05, 0.1) is 0 Å². The number of nitrogen functional groups attached to an aromatic ring is 1. The third kappa shape index (κ3) is 2.13. The van der Waals surface area contributed by atoms with Crippen molar-refractivity contribution in [3.63, 3.8) is 0 Å². The van der Waals surface area contributed by atoms with Gasteiger partial charge in [0.25, 0.3) is 0 Å². The lowest BCUT2D eigenvalue weighted by atomic mass is 10.2. The predicted molar refractivity (Wildman–Crippen MR) is 64.3 cm³/mol. The maximum absolute atomic E-state index is 13.6. The van der Waals surface area contributed by atoms with E-state index in [0.717, 1.165) is 16.4 Å². The van der Waals surface area contributed by atoms with Gasteiger partial charge in [-0.1, -0.05) is 0 Å². The number of aromatic nitrogens is 2. The van der Waals surface area contributed by atoms with E-state index >= 15 is 0 Å². The van der Waals surface area contributed by atoms with Crippen LogP contribution in [0.2, 0.25) is 0 Å². The van der Waals surface area contributed by atoms with Crippen molar-refractivity contribution in [2.24, 2.45) is 0 Å². The SMILES string of the molecule is CSc1nn(-c2cc(F)c(F)cc2F)c(N)c1C#N. The fourth-order valence-electron chi connectivity index (χ4n) is 1.52. The number of nitrogens with zero attached hydrogens (tertiary/aromatic N) is 3. The summed E-state index contributed by atoms with van der Waals surface area (Å²) < 4.78 is 40.5. The summed E-state index contributed by atoms with van der Waals surface area (Å²) in [6.45, 7) is 0. The lowest BCUT2D eigenvalue weighted by Crippen LogP contribution is -2.06. The van der Waals surface area contributed by atoms with Crippen LogP contribution in [-0.4, -0.2) is 16.0 Å². The van der Waals surface area contributed by atoms with Gasteiger partial charge >= 0.3 is 0 Å². The molecule has 2 rings (SSSR count). The van der Waals surface area contributed by atoms with Crippen molar-refractivity contribution in [1.82, 2.24) is 9.78 Å². The predicted octanol–water partition coefficient (Wildman–Crippen LogP) is 2.47. The second-order valence-electron chi connectivity index (χ2n) is 3.51. The summed E-state index contributed by atoms with van der Waals surface area (Å²) in [5, 5.41) is 13.1. The second kappa shape index (κ2) is 4.85. The quantitative estimate of drug-likeness (QED) is 0.679. The molecule has 0 unspecified atom stereocenters. The molecular formula is C11H7F3N4S. The minimum Gasteiger partial charge on any atom is -0.382 e. The minimum absolute atomic E-state index is 0.0663. The zero-order valence-corrected chi connectivity index (χ0v) is 10.4. The molecule has 2 N–H and O–H groups in total. The molecule has 0 atom stereocenters. The van der Waals surface area contributed by atoms with Crippen molar-refractivity contribution in [3.05, 3.63) is 35.1 Å². The first-order valence-corrected chi connectivity index (χ1v) is 6.19. The van der Waals surface area contributed by atoms with Gasteiger partial charge in [0.2, 0.25) is 0 Å². The van der Waals surface area contributed by atoms with Crippen LogP contribution in [0.3, 0.4) is 0 Å². The maximum Gasteiger partial charge on any atom is 0.161 e. The first-order chi connectivity index (χ1) is 8.99. The number of hydrogen-bond donors (Lipinski definition) is 1. The fraction of sp³-hybridized carbons (Fsp3) is 0.0909. The molecular weight excluding hydrogens is 277 g/mol. The van der Waals surface area contributed by atoms with E-state index in [4.69, 9.17) is 11.0 Å². The standard InChI is InChI=1S/C11H7F3N4S/c1-19-11-5(4-15)10(16)18(17-11)9-3-7(13)6(12)2-8(9)14/h2-3H,16H2,1H3. The highest BCUT2D eigenvalue weighted by Gasteiger charge is 2.19. The zero-order valence-electron chi connectivity index (χ0n) is 9.62. The number of hydrogen-bond acceptors (Lipinski definition) is 4. The van der Waals surface area contributed by atoms with E-state index in [9.17, 15) is 13.2 Å². The van der Waals surface area contributed by atoms with Gasteiger partial charge in [-0.2, -0.15) is 10.4 Å². The monoisotopic (exact) mass is 284 g/mol. The van der Waals surface area contributed by atoms with Crippen molar-refractivity contribution >= 4 is 17.6 Å². The molecule has 2 aromatic rings. The van der Waals surface area contributed by atoms with Gasteiger partial charge in [0.1, 0.15) is 28.2 Å². The number of nitrogens with two attached hydrogens (primary N) is 1. The van der Waals surface area contributed by atoms with Crippen LogP contribution in [0.5, 0.6) is 0 Å². The summed E-state index contributed by atoms with van der Waals surface area (Å²) in [7, 11) is 0. The molecule has 98 valence electrons. The Labute approximate surface area is 110 Å². The van der Waals surface area contributed by atoms with Gasteiger partial charge in [0.15, 0.2) is 17.5 Å². The third-order valence-corrected chi connectivity index (χ3v) is 3.08. The molecule has 0 amide bonds. The van der Waals surface area contributed by atoms with E-state index in [1.165, 1.54) is 0 Å². The van der Waals surface area contributed by atoms with Gasteiger partial charge in [-0.05, 0) is 6.26 Å². The molecule has 0 aliphatic carbocycles. The minimum atomic E-state index is -1.31. The smallest absolute Gasteiger partial charge is 0.161 e. The highest BCUT2D eigenvalue weighted by Crippen LogP contribution is 2.28. The van der Waals surface area contributed by atoms with Gasteiger partial charge in [-0.25, -0.2) is 17.9 Å². The molecule has 0 saturated carbocycles.